The summed E-state index contributed by atoms with van der Waals surface area (Å²) in [5.41, 5.74) is 3.31. The minimum atomic E-state index is 1.04. The van der Waals surface area contributed by atoms with Crippen molar-refractivity contribution in [3.8, 4) is 10.6 Å². The lowest BCUT2D eigenvalue weighted by atomic mass is 10.2. The first kappa shape index (κ1) is 10.3. The number of aryl methyl sites for hydroxylation is 3. The van der Waals surface area contributed by atoms with E-state index in [1.807, 2.05) is 19.2 Å². The zero-order chi connectivity index (χ0) is 10.8. The van der Waals surface area contributed by atoms with Gasteiger partial charge < -0.3 is 0 Å². The SMILES string of the molecule is CCc1sc(-c2ccc(C)nc2)nc1C. The predicted octanol–water partition coefficient (Wildman–Crippen LogP) is 3.38. The van der Waals surface area contributed by atoms with E-state index in [2.05, 4.69) is 29.9 Å². The van der Waals surface area contributed by atoms with Gasteiger partial charge in [0.2, 0.25) is 0 Å². The van der Waals surface area contributed by atoms with E-state index in [1.165, 1.54) is 4.88 Å². The number of rotatable bonds is 2. The second kappa shape index (κ2) is 4.11. The van der Waals surface area contributed by atoms with Crippen LogP contribution in [-0.4, -0.2) is 9.97 Å². The molecule has 2 rings (SSSR count). The van der Waals surface area contributed by atoms with Crippen LogP contribution in [0.1, 0.15) is 23.2 Å². The Kier molecular flexibility index (Phi) is 2.82. The highest BCUT2D eigenvalue weighted by Gasteiger charge is 2.07. The van der Waals surface area contributed by atoms with Gasteiger partial charge in [-0.3, -0.25) is 4.98 Å². The van der Waals surface area contributed by atoms with E-state index < -0.39 is 0 Å². The summed E-state index contributed by atoms with van der Waals surface area (Å²) < 4.78 is 0. The summed E-state index contributed by atoms with van der Waals surface area (Å²) in [6.45, 7) is 6.23. The van der Waals surface area contributed by atoms with Crippen molar-refractivity contribution in [1.82, 2.24) is 9.97 Å². The Balaban J connectivity index is 2.41. The highest BCUT2D eigenvalue weighted by molar-refractivity contribution is 7.15. The van der Waals surface area contributed by atoms with E-state index in [0.717, 1.165) is 28.4 Å². The maximum Gasteiger partial charge on any atom is 0.125 e. The molecule has 0 radical (unpaired) electrons. The summed E-state index contributed by atoms with van der Waals surface area (Å²) in [6.07, 6.45) is 2.95. The Morgan fingerprint density at radius 3 is 2.60 bits per heavy atom. The van der Waals surface area contributed by atoms with E-state index in [4.69, 9.17) is 0 Å². The van der Waals surface area contributed by atoms with E-state index in [0.29, 0.717) is 0 Å². The summed E-state index contributed by atoms with van der Waals surface area (Å²) >= 11 is 1.77. The summed E-state index contributed by atoms with van der Waals surface area (Å²) in [6, 6.07) is 4.11. The van der Waals surface area contributed by atoms with Crippen molar-refractivity contribution in [3.05, 3.63) is 34.6 Å². The average molecular weight is 218 g/mol. The molecule has 0 N–H and O–H groups in total. The molecule has 78 valence electrons. The van der Waals surface area contributed by atoms with Crippen LogP contribution in [-0.2, 0) is 6.42 Å². The molecule has 0 saturated carbocycles. The molecule has 0 aliphatic carbocycles. The van der Waals surface area contributed by atoms with Crippen molar-refractivity contribution in [1.29, 1.82) is 0 Å². The Bertz CT molecular complexity index is 457. The van der Waals surface area contributed by atoms with E-state index in [9.17, 15) is 0 Å². The van der Waals surface area contributed by atoms with Crippen molar-refractivity contribution in [2.75, 3.05) is 0 Å². The number of thiazole rings is 1. The Labute approximate surface area is 94.0 Å². The molecule has 0 atom stereocenters. The third kappa shape index (κ3) is 2.07. The molecule has 2 aromatic rings. The highest BCUT2D eigenvalue weighted by atomic mass is 32.1. The minimum absolute atomic E-state index is 1.04. The maximum atomic E-state index is 4.56. The molecule has 2 heterocycles. The number of hydrogen-bond donors (Lipinski definition) is 0. The van der Waals surface area contributed by atoms with E-state index >= 15 is 0 Å². The lowest BCUT2D eigenvalue weighted by Crippen LogP contribution is -1.82. The Hall–Kier alpha value is -1.22. The molecule has 3 heteroatoms. The van der Waals surface area contributed by atoms with Gasteiger partial charge in [0, 0.05) is 22.3 Å². The smallest absolute Gasteiger partial charge is 0.125 e. The average Bonchev–Trinajstić information content (AvgIpc) is 2.61. The van der Waals surface area contributed by atoms with Gasteiger partial charge in [0.15, 0.2) is 0 Å². The first-order valence-electron chi connectivity index (χ1n) is 5.10. The van der Waals surface area contributed by atoms with Crippen molar-refractivity contribution in [3.63, 3.8) is 0 Å². The lowest BCUT2D eigenvalue weighted by Gasteiger charge is -1.95. The summed E-state index contributed by atoms with van der Waals surface area (Å²) in [7, 11) is 0. The molecular formula is C12H14N2S. The molecule has 2 aromatic heterocycles. The molecule has 0 fully saturated rings. The highest BCUT2D eigenvalue weighted by Crippen LogP contribution is 2.27. The third-order valence-electron chi connectivity index (χ3n) is 2.37. The molecule has 0 unspecified atom stereocenters. The van der Waals surface area contributed by atoms with Crippen molar-refractivity contribution < 1.29 is 0 Å². The standard InChI is InChI=1S/C12H14N2S/c1-4-11-9(3)14-12(15-11)10-6-5-8(2)13-7-10/h5-7H,4H2,1-3H3. The van der Waals surface area contributed by atoms with Crippen LogP contribution in [0.2, 0.25) is 0 Å². The maximum absolute atomic E-state index is 4.56. The van der Waals surface area contributed by atoms with Gasteiger partial charge in [-0.15, -0.1) is 11.3 Å². The number of pyridine rings is 1. The zero-order valence-electron chi connectivity index (χ0n) is 9.24. The molecule has 0 aromatic carbocycles. The summed E-state index contributed by atoms with van der Waals surface area (Å²) in [4.78, 5) is 10.2. The molecule has 0 amide bonds. The van der Waals surface area contributed by atoms with Crippen molar-refractivity contribution in [2.24, 2.45) is 0 Å². The van der Waals surface area contributed by atoms with Crippen LogP contribution < -0.4 is 0 Å². The molecule has 0 aliphatic heterocycles. The van der Waals surface area contributed by atoms with Gasteiger partial charge in [0.1, 0.15) is 5.01 Å². The first-order valence-corrected chi connectivity index (χ1v) is 5.91. The van der Waals surface area contributed by atoms with Crippen LogP contribution in [0.5, 0.6) is 0 Å². The largest absolute Gasteiger partial charge is 0.261 e. The van der Waals surface area contributed by atoms with Crippen molar-refractivity contribution in [2.45, 2.75) is 27.2 Å². The van der Waals surface area contributed by atoms with Gasteiger partial charge in [-0.25, -0.2) is 4.98 Å². The fourth-order valence-corrected chi connectivity index (χ4v) is 2.47. The molecule has 0 aliphatic rings. The molecule has 0 bridgehead atoms. The molecule has 2 nitrogen and oxygen atoms in total. The van der Waals surface area contributed by atoms with Crippen LogP contribution in [0.15, 0.2) is 18.3 Å². The van der Waals surface area contributed by atoms with E-state index in [1.54, 1.807) is 11.3 Å². The van der Waals surface area contributed by atoms with Gasteiger partial charge in [0.25, 0.3) is 0 Å². The number of hydrogen-bond acceptors (Lipinski definition) is 3. The van der Waals surface area contributed by atoms with Crippen LogP contribution in [0.25, 0.3) is 10.6 Å². The summed E-state index contributed by atoms with van der Waals surface area (Å²) in [5, 5.41) is 1.08. The van der Waals surface area contributed by atoms with Crippen LogP contribution >= 0.6 is 11.3 Å². The van der Waals surface area contributed by atoms with Gasteiger partial charge in [-0.05, 0) is 32.4 Å². The lowest BCUT2D eigenvalue weighted by molar-refractivity contribution is 1.11. The van der Waals surface area contributed by atoms with Gasteiger partial charge >= 0.3 is 0 Å². The summed E-state index contributed by atoms with van der Waals surface area (Å²) in [5.74, 6) is 0. The molecule has 0 saturated heterocycles. The molecule has 15 heavy (non-hydrogen) atoms. The molecule has 0 spiro atoms. The normalized spacial score (nSPS) is 10.6. The monoisotopic (exact) mass is 218 g/mol. The van der Waals surface area contributed by atoms with E-state index in [-0.39, 0.29) is 0 Å². The molecular weight excluding hydrogens is 204 g/mol. The zero-order valence-corrected chi connectivity index (χ0v) is 10.1. The van der Waals surface area contributed by atoms with Crippen LogP contribution in [0.3, 0.4) is 0 Å². The second-order valence-electron chi connectivity index (χ2n) is 3.57. The van der Waals surface area contributed by atoms with Gasteiger partial charge in [-0.2, -0.15) is 0 Å². The second-order valence-corrected chi connectivity index (χ2v) is 4.65. The van der Waals surface area contributed by atoms with Crippen molar-refractivity contribution >= 4 is 11.3 Å². The van der Waals surface area contributed by atoms with Crippen LogP contribution in [0.4, 0.5) is 0 Å². The van der Waals surface area contributed by atoms with Gasteiger partial charge in [0.05, 0.1) is 5.69 Å². The topological polar surface area (TPSA) is 25.8 Å². The quantitative estimate of drug-likeness (QED) is 0.772. The predicted molar refractivity (Wildman–Crippen MR) is 64.2 cm³/mol. The third-order valence-corrected chi connectivity index (χ3v) is 3.72. The number of nitrogens with zero attached hydrogens (tertiary/aromatic N) is 2. The van der Waals surface area contributed by atoms with Crippen LogP contribution in [0, 0.1) is 13.8 Å². The fourth-order valence-electron chi connectivity index (χ4n) is 1.47. The number of aromatic nitrogens is 2. The Morgan fingerprint density at radius 1 is 1.27 bits per heavy atom. The van der Waals surface area contributed by atoms with Gasteiger partial charge in [-0.1, -0.05) is 6.92 Å². The fraction of sp³-hybridized carbons (Fsp3) is 0.333. The first-order chi connectivity index (χ1) is 7.20. The Morgan fingerprint density at radius 2 is 2.07 bits per heavy atom. The minimum Gasteiger partial charge on any atom is -0.261 e.